The van der Waals surface area contributed by atoms with Crippen LogP contribution in [-0.4, -0.2) is 30.0 Å². The van der Waals surface area contributed by atoms with E-state index in [4.69, 9.17) is 16.3 Å². The van der Waals surface area contributed by atoms with Crippen LogP contribution in [-0.2, 0) is 4.79 Å². The summed E-state index contributed by atoms with van der Waals surface area (Å²) in [5, 5.41) is 11.4. The van der Waals surface area contributed by atoms with Crippen molar-refractivity contribution >= 4 is 35.0 Å². The summed E-state index contributed by atoms with van der Waals surface area (Å²) in [7, 11) is 0. The number of nitrogens with zero attached hydrogens (tertiary/aromatic N) is 3. The normalized spacial score (nSPS) is 18.9. The lowest BCUT2D eigenvalue weighted by Gasteiger charge is -2.42. The molecule has 154 valence electrons. The Morgan fingerprint density at radius 2 is 2.03 bits per heavy atom. The van der Waals surface area contributed by atoms with Crippen molar-refractivity contribution in [3.63, 3.8) is 0 Å². The number of benzene rings is 2. The third-order valence-corrected chi connectivity index (χ3v) is 6.97. The predicted octanol–water partition coefficient (Wildman–Crippen LogP) is 5.27. The number of carbonyl (C=O) groups is 1. The molecule has 2 aliphatic heterocycles. The van der Waals surface area contributed by atoms with Gasteiger partial charge >= 0.3 is 0 Å². The summed E-state index contributed by atoms with van der Waals surface area (Å²) in [6, 6.07) is 16.0. The number of nitriles is 1. The van der Waals surface area contributed by atoms with Crippen LogP contribution in [0.2, 0.25) is 5.02 Å². The Morgan fingerprint density at radius 1 is 1.27 bits per heavy atom. The Kier molecular flexibility index (Phi) is 5.94. The van der Waals surface area contributed by atoms with Crippen LogP contribution in [0.1, 0.15) is 30.4 Å². The first-order valence-corrected chi connectivity index (χ1v) is 11.2. The van der Waals surface area contributed by atoms with Crippen molar-refractivity contribution in [2.24, 2.45) is 0 Å². The average molecular weight is 440 g/mol. The molecule has 0 spiro atoms. The number of anilines is 1. The van der Waals surface area contributed by atoms with Gasteiger partial charge in [-0.2, -0.15) is 5.26 Å². The Morgan fingerprint density at radius 3 is 2.70 bits per heavy atom. The maximum Gasteiger partial charge on any atom is 0.229 e. The maximum atomic E-state index is 13.0. The molecule has 1 fully saturated rings. The van der Waals surface area contributed by atoms with Gasteiger partial charge in [-0.3, -0.25) is 9.69 Å². The fourth-order valence-electron chi connectivity index (χ4n) is 3.75. The van der Waals surface area contributed by atoms with Crippen molar-refractivity contribution in [3.05, 3.63) is 69.2 Å². The highest BCUT2D eigenvalue weighted by molar-refractivity contribution is 8.03. The zero-order valence-corrected chi connectivity index (χ0v) is 18.5. The van der Waals surface area contributed by atoms with Crippen molar-refractivity contribution in [2.75, 3.05) is 24.1 Å². The summed E-state index contributed by atoms with van der Waals surface area (Å²) >= 11 is 7.81. The lowest BCUT2D eigenvalue weighted by atomic mass is 9.86. The van der Waals surface area contributed by atoms with Gasteiger partial charge < -0.3 is 9.64 Å². The predicted molar refractivity (Wildman–Crippen MR) is 120 cm³/mol. The van der Waals surface area contributed by atoms with Crippen molar-refractivity contribution in [2.45, 2.75) is 26.2 Å². The van der Waals surface area contributed by atoms with Gasteiger partial charge in [0.25, 0.3) is 0 Å². The summed E-state index contributed by atoms with van der Waals surface area (Å²) in [4.78, 5) is 16.9. The minimum atomic E-state index is -0.225. The van der Waals surface area contributed by atoms with Crippen LogP contribution in [0, 0.1) is 18.3 Å². The van der Waals surface area contributed by atoms with E-state index in [1.165, 1.54) is 11.8 Å². The Hall–Kier alpha value is -2.62. The van der Waals surface area contributed by atoms with Crippen LogP contribution in [0.4, 0.5) is 5.69 Å². The lowest BCUT2D eigenvalue weighted by Crippen LogP contribution is -2.47. The SMILES string of the molecule is CCOc1ccc([C@H]2CC(=O)N3CN(c4ccc(C)c(Cl)c4)CSC3=C2C#N)cc1. The number of rotatable bonds is 4. The highest BCUT2D eigenvalue weighted by Crippen LogP contribution is 2.43. The molecule has 2 aromatic carbocycles. The second kappa shape index (κ2) is 8.63. The molecule has 0 aliphatic carbocycles. The highest BCUT2D eigenvalue weighted by Gasteiger charge is 2.38. The first-order valence-electron chi connectivity index (χ1n) is 9.83. The quantitative estimate of drug-likeness (QED) is 0.649. The van der Waals surface area contributed by atoms with E-state index in [2.05, 4.69) is 11.0 Å². The molecule has 2 aromatic rings. The third kappa shape index (κ3) is 3.88. The third-order valence-electron chi connectivity index (χ3n) is 5.41. The minimum absolute atomic E-state index is 0.0262. The Balaban J connectivity index is 1.61. The smallest absolute Gasteiger partial charge is 0.229 e. The fourth-order valence-corrected chi connectivity index (χ4v) is 5.09. The molecule has 0 N–H and O–H groups in total. The van der Waals surface area contributed by atoms with Gasteiger partial charge in [-0.15, -0.1) is 0 Å². The van der Waals surface area contributed by atoms with E-state index in [0.29, 0.717) is 29.7 Å². The molecule has 4 rings (SSSR count). The number of ether oxygens (including phenoxy) is 1. The van der Waals surface area contributed by atoms with Gasteiger partial charge in [-0.25, -0.2) is 0 Å². The molecule has 0 radical (unpaired) electrons. The number of amides is 1. The van der Waals surface area contributed by atoms with Gasteiger partial charge in [0.15, 0.2) is 0 Å². The van der Waals surface area contributed by atoms with Gasteiger partial charge in [0.2, 0.25) is 5.91 Å². The number of allylic oxidation sites excluding steroid dienone is 1. The summed E-state index contributed by atoms with van der Waals surface area (Å²) in [6.45, 7) is 4.92. The molecule has 0 saturated carbocycles. The molecule has 5 nitrogen and oxygen atoms in total. The van der Waals surface area contributed by atoms with E-state index >= 15 is 0 Å². The zero-order valence-electron chi connectivity index (χ0n) is 16.9. The number of fused-ring (bicyclic) bond motifs is 1. The van der Waals surface area contributed by atoms with Crippen molar-refractivity contribution in [1.29, 1.82) is 5.26 Å². The van der Waals surface area contributed by atoms with E-state index in [-0.39, 0.29) is 18.2 Å². The van der Waals surface area contributed by atoms with Gasteiger partial charge in [0.05, 0.1) is 35.8 Å². The molecule has 30 heavy (non-hydrogen) atoms. The van der Waals surface area contributed by atoms with E-state index in [1.54, 1.807) is 4.90 Å². The minimum Gasteiger partial charge on any atom is -0.494 e. The van der Waals surface area contributed by atoms with Crippen molar-refractivity contribution in [3.8, 4) is 11.8 Å². The van der Waals surface area contributed by atoms with E-state index < -0.39 is 0 Å². The molecule has 2 heterocycles. The lowest BCUT2D eigenvalue weighted by molar-refractivity contribution is -0.129. The molecular weight excluding hydrogens is 418 g/mol. The second-order valence-corrected chi connectivity index (χ2v) is 8.64. The van der Waals surface area contributed by atoms with Crippen LogP contribution in [0.25, 0.3) is 0 Å². The van der Waals surface area contributed by atoms with Crippen LogP contribution in [0.15, 0.2) is 53.1 Å². The van der Waals surface area contributed by atoms with Gasteiger partial charge in [-0.1, -0.05) is 41.6 Å². The fraction of sp³-hybridized carbons (Fsp3) is 0.304. The van der Waals surface area contributed by atoms with Gasteiger partial charge in [0.1, 0.15) is 5.75 Å². The Bertz CT molecular complexity index is 1050. The molecule has 1 saturated heterocycles. The number of halogens is 1. The average Bonchev–Trinajstić information content (AvgIpc) is 2.76. The molecular formula is C23H22ClN3O2S. The summed E-state index contributed by atoms with van der Waals surface area (Å²) in [6.07, 6.45) is 0.281. The van der Waals surface area contributed by atoms with Gasteiger partial charge in [-0.05, 0) is 49.2 Å². The number of aryl methyl sites for hydroxylation is 1. The Labute approximate surface area is 185 Å². The van der Waals surface area contributed by atoms with Crippen LogP contribution in [0.5, 0.6) is 5.75 Å². The van der Waals surface area contributed by atoms with Crippen molar-refractivity contribution in [1.82, 2.24) is 4.90 Å². The maximum absolute atomic E-state index is 13.0. The van der Waals surface area contributed by atoms with Crippen molar-refractivity contribution < 1.29 is 9.53 Å². The number of carbonyl (C=O) groups excluding carboxylic acids is 1. The highest BCUT2D eigenvalue weighted by atomic mass is 35.5. The molecule has 1 amide bonds. The topological polar surface area (TPSA) is 56.6 Å². The van der Waals surface area contributed by atoms with E-state index in [0.717, 1.165) is 27.6 Å². The standard InChI is InChI=1S/C23H22ClN3O2S/c1-3-29-18-8-5-16(6-9-18)19-11-22(28)27-13-26(14-30-23(27)20(19)12-25)17-7-4-15(2)21(24)10-17/h4-10,19H,3,11,13-14H2,1-2H3/t19-/m1/s1. The summed E-state index contributed by atoms with van der Waals surface area (Å²) in [5.74, 6) is 1.24. The monoisotopic (exact) mass is 439 g/mol. The molecule has 2 aliphatic rings. The number of thioether (sulfide) groups is 1. The number of hydrogen-bond donors (Lipinski definition) is 0. The van der Waals surface area contributed by atoms with E-state index in [9.17, 15) is 10.1 Å². The molecule has 0 aromatic heterocycles. The van der Waals surface area contributed by atoms with Gasteiger partial charge in [0, 0.05) is 23.0 Å². The molecule has 0 unspecified atom stereocenters. The molecule has 7 heteroatoms. The molecule has 1 atom stereocenters. The first kappa shape index (κ1) is 20.6. The van der Waals surface area contributed by atoms with Crippen LogP contribution in [0.3, 0.4) is 0 Å². The zero-order chi connectivity index (χ0) is 21.3. The first-order chi connectivity index (χ1) is 14.5. The molecule has 0 bridgehead atoms. The largest absolute Gasteiger partial charge is 0.494 e. The summed E-state index contributed by atoms with van der Waals surface area (Å²) in [5.41, 5.74) is 3.61. The number of hydrogen-bond acceptors (Lipinski definition) is 5. The summed E-state index contributed by atoms with van der Waals surface area (Å²) < 4.78 is 5.51. The van der Waals surface area contributed by atoms with Crippen LogP contribution >= 0.6 is 23.4 Å². The van der Waals surface area contributed by atoms with E-state index in [1.807, 2.05) is 56.3 Å². The second-order valence-electron chi connectivity index (χ2n) is 7.30. The van der Waals surface area contributed by atoms with Crippen LogP contribution < -0.4 is 9.64 Å².